The maximum absolute atomic E-state index is 12.6. The first-order chi connectivity index (χ1) is 9.98. The topological polar surface area (TPSA) is 69.7 Å². The number of carbonyl (C=O) groups excluding carboxylic acids is 1. The first kappa shape index (κ1) is 15.2. The lowest BCUT2D eigenvalue weighted by Gasteiger charge is -2.34. The van der Waals surface area contributed by atoms with Crippen LogP contribution in [0.15, 0.2) is 0 Å². The van der Waals surface area contributed by atoms with E-state index < -0.39 is 10.0 Å². The number of nitrogens with one attached hydrogen (secondary N) is 1. The smallest absolute Gasteiger partial charge is 0.226 e. The third-order valence-electron chi connectivity index (χ3n) is 5.40. The van der Waals surface area contributed by atoms with E-state index in [1.165, 1.54) is 4.31 Å². The Hall–Kier alpha value is -0.660. The quantitative estimate of drug-likeness (QED) is 0.788. The maximum atomic E-state index is 12.6. The van der Waals surface area contributed by atoms with Gasteiger partial charge in [0.05, 0.1) is 5.75 Å². The molecule has 21 heavy (non-hydrogen) atoms. The van der Waals surface area contributed by atoms with Gasteiger partial charge in [-0.25, -0.2) is 8.42 Å². The lowest BCUT2D eigenvalue weighted by atomic mass is 9.91. The molecule has 3 fully saturated rings. The molecule has 1 unspecified atom stereocenters. The van der Waals surface area contributed by atoms with Crippen LogP contribution in [0.5, 0.6) is 0 Å². The molecule has 120 valence electrons. The van der Waals surface area contributed by atoms with Crippen LogP contribution in [0.1, 0.15) is 26.2 Å². The van der Waals surface area contributed by atoms with E-state index in [1.807, 2.05) is 4.90 Å². The van der Waals surface area contributed by atoms with E-state index in [9.17, 15) is 13.2 Å². The molecule has 1 atom stereocenters. The zero-order valence-electron chi connectivity index (χ0n) is 12.7. The van der Waals surface area contributed by atoms with Crippen LogP contribution in [0.4, 0.5) is 0 Å². The number of rotatable bonds is 3. The standard InChI is InChI=1S/C14H25N3O3S/c1-2-21(19,20)17-9-7-16(8-10-17)13(18)12-11-14(12)3-5-15-6-4-14/h12,15H,2-11H2,1H3. The molecule has 1 spiro atoms. The van der Waals surface area contributed by atoms with E-state index in [1.54, 1.807) is 6.92 Å². The third kappa shape index (κ3) is 2.83. The van der Waals surface area contributed by atoms with E-state index in [-0.39, 0.29) is 23.0 Å². The number of sulfonamides is 1. The number of piperazine rings is 1. The molecule has 0 bridgehead atoms. The average molecular weight is 315 g/mol. The molecule has 3 aliphatic rings. The molecule has 2 saturated heterocycles. The van der Waals surface area contributed by atoms with Gasteiger partial charge in [-0.05, 0) is 44.7 Å². The number of hydrogen-bond acceptors (Lipinski definition) is 4. The normalized spacial score (nSPS) is 29.6. The van der Waals surface area contributed by atoms with Gasteiger partial charge in [-0.3, -0.25) is 4.79 Å². The van der Waals surface area contributed by atoms with Crippen molar-refractivity contribution < 1.29 is 13.2 Å². The Bertz CT molecular complexity index is 506. The van der Waals surface area contributed by atoms with Crippen LogP contribution in [-0.4, -0.2) is 68.6 Å². The van der Waals surface area contributed by atoms with Gasteiger partial charge in [-0.1, -0.05) is 0 Å². The van der Waals surface area contributed by atoms with E-state index in [2.05, 4.69) is 5.32 Å². The van der Waals surface area contributed by atoms with Gasteiger partial charge in [0.15, 0.2) is 0 Å². The van der Waals surface area contributed by atoms with Crippen molar-refractivity contribution in [3.63, 3.8) is 0 Å². The second kappa shape index (κ2) is 5.52. The summed E-state index contributed by atoms with van der Waals surface area (Å²) >= 11 is 0. The number of piperidine rings is 1. The summed E-state index contributed by atoms with van der Waals surface area (Å²) in [7, 11) is -3.11. The molecule has 0 aromatic carbocycles. The summed E-state index contributed by atoms with van der Waals surface area (Å²) < 4.78 is 25.2. The summed E-state index contributed by atoms with van der Waals surface area (Å²) in [5.41, 5.74) is 0.259. The number of amides is 1. The number of carbonyl (C=O) groups is 1. The first-order valence-corrected chi connectivity index (χ1v) is 9.57. The van der Waals surface area contributed by atoms with E-state index in [0.717, 1.165) is 32.4 Å². The van der Waals surface area contributed by atoms with Crippen molar-refractivity contribution in [1.29, 1.82) is 0 Å². The van der Waals surface area contributed by atoms with Crippen molar-refractivity contribution in [2.45, 2.75) is 26.2 Å². The predicted octanol–water partition coefficient (Wildman–Crippen LogP) is -0.130. The van der Waals surface area contributed by atoms with Gasteiger partial charge in [0.25, 0.3) is 0 Å². The molecular formula is C14H25N3O3S. The van der Waals surface area contributed by atoms with Crippen molar-refractivity contribution in [2.24, 2.45) is 11.3 Å². The molecule has 1 aliphatic carbocycles. The second-order valence-electron chi connectivity index (χ2n) is 6.49. The van der Waals surface area contributed by atoms with E-state index >= 15 is 0 Å². The number of hydrogen-bond donors (Lipinski definition) is 1. The summed E-state index contributed by atoms with van der Waals surface area (Å²) in [6, 6.07) is 0. The molecular weight excluding hydrogens is 290 g/mol. The highest BCUT2D eigenvalue weighted by atomic mass is 32.2. The summed E-state index contributed by atoms with van der Waals surface area (Å²) in [5, 5.41) is 3.35. The van der Waals surface area contributed by atoms with Crippen LogP contribution >= 0.6 is 0 Å². The minimum atomic E-state index is -3.11. The highest BCUT2D eigenvalue weighted by Gasteiger charge is 2.58. The lowest BCUT2D eigenvalue weighted by Crippen LogP contribution is -2.51. The SMILES string of the molecule is CCS(=O)(=O)N1CCN(C(=O)C2CC23CCNCC3)CC1. The first-order valence-electron chi connectivity index (χ1n) is 7.96. The van der Waals surface area contributed by atoms with Crippen LogP contribution in [0, 0.1) is 11.3 Å². The van der Waals surface area contributed by atoms with Gasteiger partial charge in [0.2, 0.25) is 15.9 Å². The maximum Gasteiger partial charge on any atom is 0.226 e. The molecule has 1 N–H and O–H groups in total. The summed E-state index contributed by atoms with van der Waals surface area (Å²) in [4.78, 5) is 14.5. The van der Waals surface area contributed by atoms with Gasteiger partial charge in [0, 0.05) is 32.1 Å². The minimum Gasteiger partial charge on any atom is -0.340 e. The van der Waals surface area contributed by atoms with Gasteiger partial charge in [-0.2, -0.15) is 4.31 Å². The molecule has 7 heteroatoms. The third-order valence-corrected chi connectivity index (χ3v) is 7.28. The fraction of sp³-hybridized carbons (Fsp3) is 0.929. The Labute approximate surface area is 126 Å². The highest BCUT2D eigenvalue weighted by Crippen LogP contribution is 2.59. The van der Waals surface area contributed by atoms with Crippen LogP contribution in [0.25, 0.3) is 0 Å². The predicted molar refractivity (Wildman–Crippen MR) is 80.3 cm³/mol. The molecule has 3 rings (SSSR count). The summed E-state index contributed by atoms with van der Waals surface area (Å²) in [6.45, 7) is 5.69. The Balaban J connectivity index is 1.55. The van der Waals surface area contributed by atoms with Gasteiger partial charge in [-0.15, -0.1) is 0 Å². The fourth-order valence-corrected chi connectivity index (χ4v) is 4.85. The average Bonchev–Trinajstić information content (AvgIpc) is 3.20. The molecule has 0 aromatic rings. The van der Waals surface area contributed by atoms with E-state index in [4.69, 9.17) is 0 Å². The van der Waals surface area contributed by atoms with Crippen molar-refractivity contribution in [2.75, 3.05) is 45.0 Å². The van der Waals surface area contributed by atoms with Crippen LogP contribution in [0.2, 0.25) is 0 Å². The molecule has 1 saturated carbocycles. The van der Waals surface area contributed by atoms with Crippen molar-refractivity contribution in [3.8, 4) is 0 Å². The Morgan fingerprint density at radius 1 is 1.19 bits per heavy atom. The lowest BCUT2D eigenvalue weighted by molar-refractivity contribution is -0.134. The van der Waals surface area contributed by atoms with Crippen molar-refractivity contribution in [3.05, 3.63) is 0 Å². The molecule has 6 nitrogen and oxygen atoms in total. The number of nitrogens with zero attached hydrogens (tertiary/aromatic N) is 2. The largest absolute Gasteiger partial charge is 0.340 e. The van der Waals surface area contributed by atoms with Crippen molar-refractivity contribution >= 4 is 15.9 Å². The molecule has 2 heterocycles. The zero-order valence-corrected chi connectivity index (χ0v) is 13.5. The Morgan fingerprint density at radius 3 is 2.38 bits per heavy atom. The minimum absolute atomic E-state index is 0.139. The van der Waals surface area contributed by atoms with Crippen LogP contribution in [0.3, 0.4) is 0 Å². The molecule has 2 aliphatic heterocycles. The van der Waals surface area contributed by atoms with Gasteiger partial charge in [0.1, 0.15) is 0 Å². The molecule has 1 amide bonds. The Kier molecular flexibility index (Phi) is 4.00. The molecule has 0 radical (unpaired) electrons. The van der Waals surface area contributed by atoms with Gasteiger partial charge >= 0.3 is 0 Å². The van der Waals surface area contributed by atoms with E-state index in [0.29, 0.717) is 26.2 Å². The highest BCUT2D eigenvalue weighted by molar-refractivity contribution is 7.89. The van der Waals surface area contributed by atoms with Gasteiger partial charge < -0.3 is 10.2 Å². The zero-order chi connectivity index (χ0) is 15.1. The summed E-state index contributed by atoms with van der Waals surface area (Å²) in [5.74, 6) is 0.582. The summed E-state index contributed by atoms with van der Waals surface area (Å²) in [6.07, 6.45) is 3.24. The van der Waals surface area contributed by atoms with Crippen LogP contribution in [-0.2, 0) is 14.8 Å². The monoisotopic (exact) mass is 315 g/mol. The fourth-order valence-electron chi connectivity index (χ4n) is 3.76. The Morgan fingerprint density at radius 2 is 1.81 bits per heavy atom. The van der Waals surface area contributed by atoms with Crippen molar-refractivity contribution in [1.82, 2.24) is 14.5 Å². The molecule has 0 aromatic heterocycles. The van der Waals surface area contributed by atoms with Crippen LogP contribution < -0.4 is 5.32 Å². The second-order valence-corrected chi connectivity index (χ2v) is 8.75.